The van der Waals surface area contributed by atoms with Crippen LogP contribution in [0, 0.1) is 5.92 Å². The molecule has 134 valence electrons. The lowest BCUT2D eigenvalue weighted by Crippen LogP contribution is -2.49. The average Bonchev–Trinajstić information content (AvgIpc) is 2.58. The molecule has 1 aromatic carbocycles. The van der Waals surface area contributed by atoms with Gasteiger partial charge in [0.2, 0.25) is 5.91 Å². The SMILES string of the molecule is CC(C)CC(CNC(=O)CCc1ccccc1O)N1CCOCC1. The molecule has 5 nitrogen and oxygen atoms in total. The fourth-order valence-corrected chi connectivity index (χ4v) is 3.14. The highest BCUT2D eigenvalue weighted by atomic mass is 16.5. The number of carbonyl (C=O) groups is 1. The number of amides is 1. The molecule has 1 saturated heterocycles. The number of aromatic hydroxyl groups is 1. The monoisotopic (exact) mass is 334 g/mol. The normalized spacial score (nSPS) is 17.0. The third kappa shape index (κ3) is 6.13. The summed E-state index contributed by atoms with van der Waals surface area (Å²) in [5, 5.41) is 12.8. The Bertz CT molecular complexity index is 513. The van der Waals surface area contributed by atoms with Gasteiger partial charge < -0.3 is 15.2 Å². The predicted octanol–water partition coefficient (Wildman–Crippen LogP) is 2.19. The van der Waals surface area contributed by atoms with E-state index in [-0.39, 0.29) is 11.7 Å². The highest BCUT2D eigenvalue weighted by molar-refractivity contribution is 5.76. The van der Waals surface area contributed by atoms with Crippen molar-refractivity contribution in [3.05, 3.63) is 29.8 Å². The van der Waals surface area contributed by atoms with E-state index in [0.717, 1.165) is 38.3 Å². The molecule has 0 spiro atoms. The Labute approximate surface area is 145 Å². The molecule has 0 bridgehead atoms. The number of ether oxygens (including phenoxy) is 1. The molecule has 1 unspecified atom stereocenters. The molecule has 1 heterocycles. The van der Waals surface area contributed by atoms with Gasteiger partial charge >= 0.3 is 0 Å². The number of para-hydroxylation sites is 1. The van der Waals surface area contributed by atoms with Crippen LogP contribution in [-0.4, -0.2) is 54.8 Å². The van der Waals surface area contributed by atoms with E-state index in [1.165, 1.54) is 0 Å². The molecule has 5 heteroatoms. The zero-order chi connectivity index (χ0) is 17.4. The minimum absolute atomic E-state index is 0.0419. The molecule has 2 rings (SSSR count). The number of benzene rings is 1. The Balaban J connectivity index is 1.79. The van der Waals surface area contributed by atoms with E-state index in [1.54, 1.807) is 12.1 Å². The van der Waals surface area contributed by atoms with Crippen molar-refractivity contribution in [3.63, 3.8) is 0 Å². The molecule has 1 aromatic rings. The van der Waals surface area contributed by atoms with Crippen molar-refractivity contribution in [3.8, 4) is 5.75 Å². The highest BCUT2D eigenvalue weighted by Gasteiger charge is 2.22. The second kappa shape index (κ2) is 9.64. The minimum atomic E-state index is 0.0419. The summed E-state index contributed by atoms with van der Waals surface area (Å²) >= 11 is 0. The van der Waals surface area contributed by atoms with E-state index in [1.807, 2.05) is 12.1 Å². The standard InChI is InChI=1S/C19H30N2O3/c1-15(2)13-17(21-9-11-24-12-10-21)14-20-19(23)8-7-16-5-3-4-6-18(16)22/h3-6,15,17,22H,7-14H2,1-2H3,(H,20,23). The van der Waals surface area contributed by atoms with Crippen LogP contribution in [0.4, 0.5) is 0 Å². The van der Waals surface area contributed by atoms with Gasteiger partial charge in [0, 0.05) is 32.1 Å². The lowest BCUT2D eigenvalue weighted by molar-refractivity contribution is -0.121. The Morgan fingerprint density at radius 2 is 2.00 bits per heavy atom. The second-order valence-electron chi connectivity index (χ2n) is 6.86. The van der Waals surface area contributed by atoms with E-state index in [0.29, 0.717) is 31.3 Å². The molecule has 0 radical (unpaired) electrons. The quantitative estimate of drug-likeness (QED) is 0.765. The number of hydrogen-bond acceptors (Lipinski definition) is 4. The number of nitrogens with one attached hydrogen (secondary N) is 1. The first kappa shape index (κ1) is 18.7. The molecular weight excluding hydrogens is 304 g/mol. The molecule has 0 saturated carbocycles. The third-order valence-electron chi connectivity index (χ3n) is 4.45. The van der Waals surface area contributed by atoms with Crippen molar-refractivity contribution in [1.29, 1.82) is 0 Å². The van der Waals surface area contributed by atoms with Crippen LogP contribution in [0.3, 0.4) is 0 Å². The molecule has 0 aromatic heterocycles. The number of nitrogens with zero attached hydrogens (tertiary/aromatic N) is 1. The summed E-state index contributed by atoms with van der Waals surface area (Å²) in [5.74, 6) is 0.896. The van der Waals surface area contributed by atoms with Crippen molar-refractivity contribution < 1.29 is 14.6 Å². The van der Waals surface area contributed by atoms with Crippen LogP contribution in [0.1, 0.15) is 32.3 Å². The fourth-order valence-electron chi connectivity index (χ4n) is 3.14. The summed E-state index contributed by atoms with van der Waals surface area (Å²) in [6.45, 7) is 8.53. The van der Waals surface area contributed by atoms with Crippen molar-refractivity contribution in [2.24, 2.45) is 5.92 Å². The zero-order valence-electron chi connectivity index (χ0n) is 14.8. The van der Waals surface area contributed by atoms with E-state index in [4.69, 9.17) is 4.74 Å². The summed E-state index contributed by atoms with van der Waals surface area (Å²) in [5.41, 5.74) is 0.819. The van der Waals surface area contributed by atoms with Gasteiger partial charge in [0.1, 0.15) is 5.75 Å². The average molecular weight is 334 g/mol. The molecule has 24 heavy (non-hydrogen) atoms. The molecule has 1 aliphatic heterocycles. The van der Waals surface area contributed by atoms with Crippen molar-refractivity contribution in [2.75, 3.05) is 32.8 Å². The van der Waals surface area contributed by atoms with Gasteiger partial charge in [0.15, 0.2) is 0 Å². The van der Waals surface area contributed by atoms with Crippen LogP contribution in [-0.2, 0) is 16.0 Å². The first-order chi connectivity index (χ1) is 11.6. The van der Waals surface area contributed by atoms with Gasteiger partial charge in [-0.15, -0.1) is 0 Å². The zero-order valence-corrected chi connectivity index (χ0v) is 14.8. The van der Waals surface area contributed by atoms with Crippen LogP contribution in [0.2, 0.25) is 0 Å². The van der Waals surface area contributed by atoms with Crippen LogP contribution in [0.25, 0.3) is 0 Å². The summed E-state index contributed by atoms with van der Waals surface area (Å²) in [6, 6.07) is 7.55. The number of aryl methyl sites for hydroxylation is 1. The Hall–Kier alpha value is -1.59. The molecule has 2 N–H and O–H groups in total. The molecule has 0 aliphatic carbocycles. The Kier molecular flexibility index (Phi) is 7.53. The van der Waals surface area contributed by atoms with Gasteiger partial charge in [-0.05, 0) is 30.4 Å². The summed E-state index contributed by atoms with van der Waals surface area (Å²) in [4.78, 5) is 14.6. The predicted molar refractivity (Wildman–Crippen MR) is 95.1 cm³/mol. The first-order valence-corrected chi connectivity index (χ1v) is 8.91. The Morgan fingerprint density at radius 3 is 2.67 bits per heavy atom. The number of phenols is 1. The first-order valence-electron chi connectivity index (χ1n) is 8.91. The minimum Gasteiger partial charge on any atom is -0.508 e. The van der Waals surface area contributed by atoms with Crippen molar-refractivity contribution >= 4 is 5.91 Å². The number of morpholine rings is 1. The van der Waals surface area contributed by atoms with Gasteiger partial charge in [0.05, 0.1) is 13.2 Å². The smallest absolute Gasteiger partial charge is 0.220 e. The molecule has 1 atom stereocenters. The van der Waals surface area contributed by atoms with Gasteiger partial charge in [0.25, 0.3) is 0 Å². The maximum Gasteiger partial charge on any atom is 0.220 e. The topological polar surface area (TPSA) is 61.8 Å². The Morgan fingerprint density at radius 1 is 1.29 bits per heavy atom. The maximum atomic E-state index is 12.2. The van der Waals surface area contributed by atoms with Gasteiger partial charge in [-0.1, -0.05) is 32.0 Å². The molecular formula is C19H30N2O3. The molecule has 1 fully saturated rings. The van der Waals surface area contributed by atoms with Gasteiger partial charge in [-0.25, -0.2) is 0 Å². The fraction of sp³-hybridized carbons (Fsp3) is 0.632. The van der Waals surface area contributed by atoms with Crippen molar-refractivity contribution in [1.82, 2.24) is 10.2 Å². The van der Waals surface area contributed by atoms with E-state index in [9.17, 15) is 9.90 Å². The van der Waals surface area contributed by atoms with Crippen LogP contribution in [0.5, 0.6) is 5.75 Å². The third-order valence-corrected chi connectivity index (χ3v) is 4.45. The van der Waals surface area contributed by atoms with E-state index in [2.05, 4.69) is 24.1 Å². The second-order valence-corrected chi connectivity index (χ2v) is 6.86. The number of hydrogen-bond donors (Lipinski definition) is 2. The van der Waals surface area contributed by atoms with Crippen LogP contribution in [0.15, 0.2) is 24.3 Å². The van der Waals surface area contributed by atoms with E-state index < -0.39 is 0 Å². The van der Waals surface area contributed by atoms with Gasteiger partial charge in [-0.3, -0.25) is 9.69 Å². The highest BCUT2D eigenvalue weighted by Crippen LogP contribution is 2.17. The van der Waals surface area contributed by atoms with E-state index >= 15 is 0 Å². The maximum absolute atomic E-state index is 12.2. The largest absolute Gasteiger partial charge is 0.508 e. The summed E-state index contributed by atoms with van der Waals surface area (Å²) < 4.78 is 5.43. The lowest BCUT2D eigenvalue weighted by Gasteiger charge is -2.35. The number of rotatable bonds is 8. The molecule has 1 aliphatic rings. The van der Waals surface area contributed by atoms with Crippen molar-refractivity contribution in [2.45, 2.75) is 39.2 Å². The van der Waals surface area contributed by atoms with Crippen LogP contribution < -0.4 is 5.32 Å². The molecule has 1 amide bonds. The van der Waals surface area contributed by atoms with Crippen LogP contribution >= 0.6 is 0 Å². The summed E-state index contributed by atoms with van der Waals surface area (Å²) in [7, 11) is 0. The summed E-state index contributed by atoms with van der Waals surface area (Å²) in [6.07, 6.45) is 2.03. The lowest BCUT2D eigenvalue weighted by atomic mass is 10.0. The number of carbonyl (C=O) groups excluding carboxylic acids is 1. The number of phenolic OH excluding ortho intramolecular Hbond substituents is 1. The van der Waals surface area contributed by atoms with Gasteiger partial charge in [-0.2, -0.15) is 0 Å².